The van der Waals surface area contributed by atoms with Crippen LogP contribution in [0.1, 0.15) is 39.7 Å². The second-order valence-electron chi connectivity index (χ2n) is 5.92. The molecule has 0 saturated heterocycles. The fraction of sp³-hybridized carbons (Fsp3) is 0.600. The molecule has 1 aromatic carbocycles. The van der Waals surface area contributed by atoms with Gasteiger partial charge in [0.1, 0.15) is 17.7 Å². The predicted molar refractivity (Wildman–Crippen MR) is 73.9 cm³/mol. The first-order valence-electron chi connectivity index (χ1n) is 6.81. The van der Waals surface area contributed by atoms with Crippen molar-refractivity contribution in [3.8, 4) is 5.75 Å². The van der Waals surface area contributed by atoms with Crippen LogP contribution in [0.2, 0.25) is 0 Å². The minimum atomic E-state index is -4.73. The van der Waals surface area contributed by atoms with E-state index in [1.54, 1.807) is 0 Å². The van der Waals surface area contributed by atoms with Crippen LogP contribution in [0.4, 0.5) is 17.6 Å². The zero-order chi connectivity index (χ0) is 16.3. The highest BCUT2D eigenvalue weighted by molar-refractivity contribution is 5.31. The molecule has 0 fully saturated rings. The van der Waals surface area contributed by atoms with Crippen molar-refractivity contribution < 1.29 is 22.3 Å². The Bertz CT molecular complexity index is 466. The normalized spacial score (nSPS) is 14.1. The van der Waals surface area contributed by atoms with Gasteiger partial charge in [-0.25, -0.2) is 4.39 Å². The van der Waals surface area contributed by atoms with Crippen molar-refractivity contribution in [3.05, 3.63) is 29.6 Å². The van der Waals surface area contributed by atoms with Crippen molar-refractivity contribution in [3.63, 3.8) is 0 Å². The first kappa shape index (κ1) is 17.8. The average molecular weight is 307 g/mol. The first-order chi connectivity index (χ1) is 9.53. The Morgan fingerprint density at radius 2 is 1.81 bits per heavy atom. The van der Waals surface area contributed by atoms with E-state index < -0.39 is 17.6 Å². The lowest BCUT2D eigenvalue weighted by atomic mass is 10.1. The monoisotopic (exact) mass is 307 g/mol. The summed E-state index contributed by atoms with van der Waals surface area (Å²) in [5.74, 6) is -1.28. The Labute approximate surface area is 122 Å². The minimum Gasteiger partial charge on any atom is -0.489 e. The molecule has 0 aliphatic carbocycles. The molecule has 1 aromatic rings. The van der Waals surface area contributed by atoms with Gasteiger partial charge in [-0.3, -0.25) is 0 Å². The molecule has 0 aliphatic heterocycles. The van der Waals surface area contributed by atoms with Crippen molar-refractivity contribution in [2.75, 3.05) is 6.54 Å². The van der Waals surface area contributed by atoms with Crippen molar-refractivity contribution in [2.24, 2.45) is 0 Å². The number of ether oxygens (including phenoxy) is 1. The zero-order valence-electron chi connectivity index (χ0n) is 12.6. The molecule has 120 valence electrons. The highest BCUT2D eigenvalue weighted by Gasteiger charge is 2.34. The smallest absolute Gasteiger partial charge is 0.419 e. The SMILES string of the molecule is CCC(CNC(C)(C)C)Oc1ccc(F)c(C(F)(F)F)c1. The number of hydrogen-bond acceptors (Lipinski definition) is 2. The lowest BCUT2D eigenvalue weighted by Gasteiger charge is -2.25. The van der Waals surface area contributed by atoms with E-state index >= 15 is 0 Å². The predicted octanol–water partition coefficient (Wildman–Crippen LogP) is 4.39. The molecular formula is C15H21F4NO. The second kappa shape index (κ2) is 6.64. The number of halogens is 4. The molecule has 1 N–H and O–H groups in total. The largest absolute Gasteiger partial charge is 0.489 e. The summed E-state index contributed by atoms with van der Waals surface area (Å²) in [6, 6.07) is 2.70. The van der Waals surface area contributed by atoms with Gasteiger partial charge in [-0.1, -0.05) is 6.92 Å². The third-order valence-electron chi connectivity index (χ3n) is 2.86. The molecule has 0 spiro atoms. The van der Waals surface area contributed by atoms with E-state index in [9.17, 15) is 17.6 Å². The fourth-order valence-corrected chi connectivity index (χ4v) is 1.68. The summed E-state index contributed by atoms with van der Waals surface area (Å²) in [4.78, 5) is 0. The summed E-state index contributed by atoms with van der Waals surface area (Å²) in [6.45, 7) is 8.33. The van der Waals surface area contributed by atoms with Gasteiger partial charge >= 0.3 is 6.18 Å². The van der Waals surface area contributed by atoms with Crippen molar-refractivity contribution in [1.82, 2.24) is 5.32 Å². The Balaban J connectivity index is 2.81. The van der Waals surface area contributed by atoms with Gasteiger partial charge in [0.15, 0.2) is 0 Å². The van der Waals surface area contributed by atoms with E-state index in [1.807, 2.05) is 27.7 Å². The molecule has 0 bridgehead atoms. The van der Waals surface area contributed by atoms with Crippen LogP contribution in [0.15, 0.2) is 18.2 Å². The summed E-state index contributed by atoms with van der Waals surface area (Å²) < 4.78 is 56.7. The third kappa shape index (κ3) is 5.91. The highest BCUT2D eigenvalue weighted by atomic mass is 19.4. The summed E-state index contributed by atoms with van der Waals surface area (Å²) in [6.07, 6.45) is -4.38. The van der Waals surface area contributed by atoms with Crippen molar-refractivity contribution >= 4 is 0 Å². The Morgan fingerprint density at radius 3 is 2.29 bits per heavy atom. The van der Waals surface area contributed by atoms with E-state index in [-0.39, 0.29) is 17.4 Å². The maximum absolute atomic E-state index is 13.2. The standard InChI is InChI=1S/C15H21F4NO/c1-5-10(9-20-14(2,3)4)21-11-6-7-13(16)12(8-11)15(17,18)19/h6-8,10,20H,5,9H2,1-4H3. The fourth-order valence-electron chi connectivity index (χ4n) is 1.68. The van der Waals surface area contributed by atoms with E-state index in [1.165, 1.54) is 6.07 Å². The van der Waals surface area contributed by atoms with Crippen LogP contribution >= 0.6 is 0 Å². The quantitative estimate of drug-likeness (QED) is 0.815. The molecule has 0 saturated carbocycles. The summed E-state index contributed by atoms with van der Waals surface area (Å²) in [5, 5.41) is 3.23. The van der Waals surface area contributed by atoms with Crippen LogP contribution in [0.5, 0.6) is 5.75 Å². The molecule has 21 heavy (non-hydrogen) atoms. The minimum absolute atomic E-state index is 0.0197. The van der Waals surface area contributed by atoms with Crippen LogP contribution in [-0.2, 0) is 6.18 Å². The molecule has 2 nitrogen and oxygen atoms in total. The molecule has 1 rings (SSSR count). The van der Waals surface area contributed by atoms with Crippen LogP contribution in [0, 0.1) is 5.82 Å². The van der Waals surface area contributed by atoms with E-state index in [0.29, 0.717) is 19.0 Å². The van der Waals surface area contributed by atoms with Gasteiger partial charge in [0.25, 0.3) is 0 Å². The molecule has 0 heterocycles. The molecule has 0 radical (unpaired) electrons. The second-order valence-corrected chi connectivity index (χ2v) is 5.92. The molecular weight excluding hydrogens is 286 g/mol. The zero-order valence-corrected chi connectivity index (χ0v) is 12.6. The van der Waals surface area contributed by atoms with Crippen LogP contribution in [-0.4, -0.2) is 18.2 Å². The molecule has 0 aromatic heterocycles. The molecule has 0 amide bonds. The Kier molecular flexibility index (Phi) is 5.61. The summed E-state index contributed by atoms with van der Waals surface area (Å²) in [7, 11) is 0. The van der Waals surface area contributed by atoms with Gasteiger partial charge in [-0.2, -0.15) is 13.2 Å². The lowest BCUT2D eigenvalue weighted by Crippen LogP contribution is -2.42. The number of nitrogens with one attached hydrogen (secondary N) is 1. The number of alkyl halides is 3. The maximum atomic E-state index is 13.2. The van der Waals surface area contributed by atoms with Crippen molar-refractivity contribution in [2.45, 2.75) is 51.9 Å². The first-order valence-corrected chi connectivity index (χ1v) is 6.81. The highest BCUT2D eigenvalue weighted by Crippen LogP contribution is 2.33. The van der Waals surface area contributed by atoms with Crippen molar-refractivity contribution in [1.29, 1.82) is 0 Å². The number of hydrogen-bond donors (Lipinski definition) is 1. The van der Waals surface area contributed by atoms with Crippen LogP contribution in [0.3, 0.4) is 0 Å². The third-order valence-corrected chi connectivity index (χ3v) is 2.86. The molecule has 6 heteroatoms. The number of rotatable bonds is 5. The van der Waals surface area contributed by atoms with Crippen LogP contribution < -0.4 is 10.1 Å². The molecule has 1 unspecified atom stereocenters. The van der Waals surface area contributed by atoms with Crippen LogP contribution in [0.25, 0.3) is 0 Å². The lowest BCUT2D eigenvalue weighted by molar-refractivity contribution is -0.140. The van der Waals surface area contributed by atoms with E-state index in [0.717, 1.165) is 6.07 Å². The molecule has 1 atom stereocenters. The summed E-state index contributed by atoms with van der Waals surface area (Å²) in [5.41, 5.74) is -1.42. The van der Waals surface area contributed by atoms with Gasteiger partial charge < -0.3 is 10.1 Å². The Morgan fingerprint density at radius 1 is 1.19 bits per heavy atom. The average Bonchev–Trinajstić information content (AvgIpc) is 2.34. The van der Waals surface area contributed by atoms with E-state index in [2.05, 4.69) is 5.32 Å². The van der Waals surface area contributed by atoms with Gasteiger partial charge in [0.05, 0.1) is 5.56 Å². The Hall–Kier alpha value is -1.30. The van der Waals surface area contributed by atoms with E-state index in [4.69, 9.17) is 4.74 Å². The topological polar surface area (TPSA) is 21.3 Å². The van der Waals surface area contributed by atoms with Gasteiger partial charge in [0, 0.05) is 12.1 Å². The number of benzene rings is 1. The van der Waals surface area contributed by atoms with Gasteiger partial charge in [0.2, 0.25) is 0 Å². The van der Waals surface area contributed by atoms with Gasteiger partial charge in [-0.05, 0) is 45.4 Å². The van der Waals surface area contributed by atoms with Gasteiger partial charge in [-0.15, -0.1) is 0 Å². The summed E-state index contributed by atoms with van der Waals surface area (Å²) >= 11 is 0. The molecule has 0 aliphatic rings. The maximum Gasteiger partial charge on any atom is 0.419 e.